The third-order valence-corrected chi connectivity index (χ3v) is 3.27. The summed E-state index contributed by atoms with van der Waals surface area (Å²) in [6.45, 7) is 3.36. The Hall–Kier alpha value is -1.80. The van der Waals surface area contributed by atoms with E-state index >= 15 is 0 Å². The lowest BCUT2D eigenvalue weighted by molar-refractivity contribution is 0.340. The van der Waals surface area contributed by atoms with Crippen LogP contribution in [0.4, 0.5) is 0 Å². The molecule has 0 aliphatic heterocycles. The molecular formula is C17H21NO. The van der Waals surface area contributed by atoms with Gasteiger partial charge in [0.15, 0.2) is 0 Å². The topological polar surface area (TPSA) is 35.2 Å². The first-order valence-electron chi connectivity index (χ1n) is 6.80. The molecule has 0 radical (unpaired) electrons. The van der Waals surface area contributed by atoms with E-state index < -0.39 is 0 Å². The van der Waals surface area contributed by atoms with Crippen molar-refractivity contribution in [3.63, 3.8) is 0 Å². The molecule has 1 atom stereocenters. The molecule has 0 spiro atoms. The first kappa shape index (κ1) is 13.6. The van der Waals surface area contributed by atoms with Crippen LogP contribution in [0.25, 0.3) is 0 Å². The van der Waals surface area contributed by atoms with Gasteiger partial charge in [0.25, 0.3) is 0 Å². The standard InChI is InChI=1S/C17H21NO/c1-2-19-17-10-8-14(9-11-17)12-16(13-18)15-6-4-3-5-7-15/h3-11,16H,2,12-13,18H2,1H3. The molecule has 100 valence electrons. The molecule has 0 saturated heterocycles. The van der Waals surface area contributed by atoms with E-state index in [1.165, 1.54) is 11.1 Å². The second-order valence-electron chi connectivity index (χ2n) is 4.62. The lowest BCUT2D eigenvalue weighted by atomic mass is 9.92. The first-order valence-corrected chi connectivity index (χ1v) is 6.80. The zero-order chi connectivity index (χ0) is 13.5. The van der Waals surface area contributed by atoms with Crippen molar-refractivity contribution in [2.75, 3.05) is 13.2 Å². The van der Waals surface area contributed by atoms with Crippen molar-refractivity contribution in [2.45, 2.75) is 19.3 Å². The second-order valence-corrected chi connectivity index (χ2v) is 4.62. The number of nitrogens with two attached hydrogens (primary N) is 1. The fourth-order valence-corrected chi connectivity index (χ4v) is 2.24. The maximum atomic E-state index is 5.91. The Morgan fingerprint density at radius 2 is 1.68 bits per heavy atom. The molecule has 2 heteroatoms. The van der Waals surface area contributed by atoms with Crippen molar-refractivity contribution in [2.24, 2.45) is 5.73 Å². The molecule has 2 nitrogen and oxygen atoms in total. The van der Waals surface area contributed by atoms with Crippen LogP contribution in [0.2, 0.25) is 0 Å². The van der Waals surface area contributed by atoms with Crippen molar-refractivity contribution < 1.29 is 4.74 Å². The van der Waals surface area contributed by atoms with Crippen molar-refractivity contribution >= 4 is 0 Å². The van der Waals surface area contributed by atoms with Gasteiger partial charge in [0.2, 0.25) is 0 Å². The summed E-state index contributed by atoms with van der Waals surface area (Å²) >= 11 is 0. The maximum Gasteiger partial charge on any atom is 0.119 e. The van der Waals surface area contributed by atoms with E-state index in [2.05, 4.69) is 36.4 Å². The minimum atomic E-state index is 0.374. The Kier molecular flexibility index (Phi) is 4.99. The van der Waals surface area contributed by atoms with Gasteiger partial charge in [-0.2, -0.15) is 0 Å². The van der Waals surface area contributed by atoms with Gasteiger partial charge in [0.05, 0.1) is 6.61 Å². The van der Waals surface area contributed by atoms with Crippen LogP contribution in [0.15, 0.2) is 54.6 Å². The lowest BCUT2D eigenvalue weighted by Gasteiger charge is -2.15. The van der Waals surface area contributed by atoms with Crippen LogP contribution >= 0.6 is 0 Å². The summed E-state index contributed by atoms with van der Waals surface area (Å²) in [6.07, 6.45) is 0.965. The summed E-state index contributed by atoms with van der Waals surface area (Å²) in [4.78, 5) is 0. The van der Waals surface area contributed by atoms with E-state index in [0.717, 1.165) is 12.2 Å². The predicted molar refractivity (Wildman–Crippen MR) is 79.6 cm³/mol. The van der Waals surface area contributed by atoms with Gasteiger partial charge in [-0.25, -0.2) is 0 Å². The third-order valence-electron chi connectivity index (χ3n) is 3.27. The molecule has 0 saturated carbocycles. The average Bonchev–Trinajstić information content (AvgIpc) is 2.48. The minimum Gasteiger partial charge on any atom is -0.494 e. The normalized spacial score (nSPS) is 12.1. The minimum absolute atomic E-state index is 0.374. The molecule has 2 aromatic carbocycles. The van der Waals surface area contributed by atoms with Crippen molar-refractivity contribution in [1.29, 1.82) is 0 Å². The van der Waals surface area contributed by atoms with Crippen LogP contribution in [0.1, 0.15) is 24.0 Å². The Morgan fingerprint density at radius 3 is 2.26 bits per heavy atom. The SMILES string of the molecule is CCOc1ccc(CC(CN)c2ccccc2)cc1. The van der Waals surface area contributed by atoms with Gasteiger partial charge in [0, 0.05) is 5.92 Å². The van der Waals surface area contributed by atoms with Gasteiger partial charge < -0.3 is 10.5 Å². The van der Waals surface area contributed by atoms with Crippen molar-refractivity contribution in [3.05, 3.63) is 65.7 Å². The number of benzene rings is 2. The quantitative estimate of drug-likeness (QED) is 0.859. The Labute approximate surface area is 115 Å². The molecule has 0 heterocycles. The molecule has 0 amide bonds. The monoisotopic (exact) mass is 255 g/mol. The Bertz CT molecular complexity index is 478. The zero-order valence-corrected chi connectivity index (χ0v) is 11.4. The van der Waals surface area contributed by atoms with E-state index in [-0.39, 0.29) is 0 Å². The summed E-state index contributed by atoms with van der Waals surface area (Å²) in [5.74, 6) is 1.30. The fraction of sp³-hybridized carbons (Fsp3) is 0.294. The predicted octanol–water partition coefficient (Wildman–Crippen LogP) is 3.37. The summed E-state index contributed by atoms with van der Waals surface area (Å²) in [6, 6.07) is 18.8. The largest absolute Gasteiger partial charge is 0.494 e. The van der Waals surface area contributed by atoms with E-state index in [4.69, 9.17) is 10.5 Å². The van der Waals surface area contributed by atoms with Crippen LogP contribution in [-0.2, 0) is 6.42 Å². The highest BCUT2D eigenvalue weighted by molar-refractivity contribution is 5.30. The Morgan fingerprint density at radius 1 is 1.00 bits per heavy atom. The molecule has 2 N–H and O–H groups in total. The third kappa shape index (κ3) is 3.83. The van der Waals surface area contributed by atoms with Crippen LogP contribution in [0, 0.1) is 0 Å². The van der Waals surface area contributed by atoms with Gasteiger partial charge in [0.1, 0.15) is 5.75 Å². The van der Waals surface area contributed by atoms with Crippen LogP contribution in [0.3, 0.4) is 0 Å². The molecular weight excluding hydrogens is 234 g/mol. The average molecular weight is 255 g/mol. The van der Waals surface area contributed by atoms with Gasteiger partial charge in [-0.05, 0) is 43.1 Å². The first-order chi connectivity index (χ1) is 9.33. The van der Waals surface area contributed by atoms with Crippen LogP contribution in [-0.4, -0.2) is 13.2 Å². The molecule has 0 aromatic heterocycles. The van der Waals surface area contributed by atoms with E-state index in [0.29, 0.717) is 19.1 Å². The second kappa shape index (κ2) is 6.95. The highest BCUT2D eigenvalue weighted by Crippen LogP contribution is 2.21. The van der Waals surface area contributed by atoms with Crippen molar-refractivity contribution in [3.8, 4) is 5.75 Å². The number of rotatable bonds is 6. The summed E-state index contributed by atoms with van der Waals surface area (Å²) in [7, 11) is 0. The van der Waals surface area contributed by atoms with E-state index in [1.807, 2.05) is 25.1 Å². The van der Waals surface area contributed by atoms with Gasteiger partial charge in [-0.3, -0.25) is 0 Å². The molecule has 1 unspecified atom stereocenters. The summed E-state index contributed by atoms with van der Waals surface area (Å²) < 4.78 is 5.45. The van der Waals surface area contributed by atoms with E-state index in [9.17, 15) is 0 Å². The molecule has 2 rings (SSSR count). The smallest absolute Gasteiger partial charge is 0.119 e. The van der Waals surface area contributed by atoms with Crippen LogP contribution < -0.4 is 10.5 Å². The van der Waals surface area contributed by atoms with Crippen LogP contribution in [0.5, 0.6) is 5.75 Å². The Balaban J connectivity index is 2.06. The van der Waals surface area contributed by atoms with E-state index in [1.54, 1.807) is 0 Å². The van der Waals surface area contributed by atoms with Crippen molar-refractivity contribution in [1.82, 2.24) is 0 Å². The van der Waals surface area contributed by atoms with Gasteiger partial charge in [-0.1, -0.05) is 42.5 Å². The molecule has 0 fully saturated rings. The number of hydrogen-bond acceptors (Lipinski definition) is 2. The lowest BCUT2D eigenvalue weighted by Crippen LogP contribution is -2.14. The molecule has 0 aliphatic carbocycles. The van der Waals surface area contributed by atoms with Gasteiger partial charge in [-0.15, -0.1) is 0 Å². The maximum absolute atomic E-state index is 5.91. The molecule has 19 heavy (non-hydrogen) atoms. The fourth-order valence-electron chi connectivity index (χ4n) is 2.24. The summed E-state index contributed by atoms with van der Waals surface area (Å²) in [5, 5.41) is 0. The van der Waals surface area contributed by atoms with Gasteiger partial charge >= 0.3 is 0 Å². The molecule has 0 bridgehead atoms. The molecule has 2 aromatic rings. The highest BCUT2D eigenvalue weighted by atomic mass is 16.5. The molecule has 0 aliphatic rings. The summed E-state index contributed by atoms with van der Waals surface area (Å²) in [5.41, 5.74) is 8.50. The highest BCUT2D eigenvalue weighted by Gasteiger charge is 2.10. The number of ether oxygens (including phenoxy) is 1. The zero-order valence-electron chi connectivity index (χ0n) is 11.4. The number of hydrogen-bond donors (Lipinski definition) is 1.